The minimum Gasteiger partial charge on any atom is -0.312 e. The molecule has 2 N–H and O–H groups in total. The van der Waals surface area contributed by atoms with Gasteiger partial charge in [0.1, 0.15) is 4.90 Å². The summed E-state index contributed by atoms with van der Waals surface area (Å²) < 4.78 is 27.9. The molecule has 0 radical (unpaired) electrons. The number of nitrogens with one attached hydrogen (secondary N) is 2. The van der Waals surface area contributed by atoms with E-state index in [0.717, 1.165) is 29.8 Å². The second-order valence-electron chi connectivity index (χ2n) is 5.45. The molecular formula is C14H24N2O2S2. The van der Waals surface area contributed by atoms with Gasteiger partial charge in [0.15, 0.2) is 0 Å². The molecular weight excluding hydrogens is 292 g/mol. The first-order valence-corrected chi connectivity index (χ1v) is 9.68. The summed E-state index contributed by atoms with van der Waals surface area (Å²) in [5, 5.41) is 5.13. The SMILES string of the molecule is CCNCc1scc(C)c1S(=O)(=O)NCC1CCCC1. The normalized spacial score (nSPS) is 16.9. The van der Waals surface area contributed by atoms with E-state index in [4.69, 9.17) is 0 Å². The lowest BCUT2D eigenvalue weighted by molar-refractivity contribution is 0.519. The summed E-state index contributed by atoms with van der Waals surface area (Å²) >= 11 is 1.52. The molecule has 2 rings (SSSR count). The number of aryl methyl sites for hydroxylation is 1. The minimum absolute atomic E-state index is 0.487. The van der Waals surface area contributed by atoms with Crippen molar-refractivity contribution < 1.29 is 8.42 Å². The highest BCUT2D eigenvalue weighted by Gasteiger charge is 2.24. The monoisotopic (exact) mass is 316 g/mol. The molecule has 1 saturated carbocycles. The van der Waals surface area contributed by atoms with E-state index in [9.17, 15) is 8.42 Å². The Labute approximate surface area is 126 Å². The van der Waals surface area contributed by atoms with Crippen molar-refractivity contribution in [1.82, 2.24) is 10.0 Å². The van der Waals surface area contributed by atoms with E-state index in [1.807, 2.05) is 19.2 Å². The molecule has 0 aliphatic heterocycles. The lowest BCUT2D eigenvalue weighted by Crippen LogP contribution is -2.29. The smallest absolute Gasteiger partial charge is 0.241 e. The van der Waals surface area contributed by atoms with Crippen LogP contribution in [-0.4, -0.2) is 21.5 Å². The Morgan fingerprint density at radius 2 is 2.05 bits per heavy atom. The second-order valence-corrected chi connectivity index (χ2v) is 8.12. The number of hydrogen-bond acceptors (Lipinski definition) is 4. The van der Waals surface area contributed by atoms with Gasteiger partial charge in [-0.1, -0.05) is 19.8 Å². The quantitative estimate of drug-likeness (QED) is 0.813. The van der Waals surface area contributed by atoms with E-state index >= 15 is 0 Å². The minimum atomic E-state index is -3.38. The number of thiophene rings is 1. The fraction of sp³-hybridized carbons (Fsp3) is 0.714. The van der Waals surface area contributed by atoms with Crippen molar-refractivity contribution in [2.75, 3.05) is 13.1 Å². The highest BCUT2D eigenvalue weighted by Crippen LogP contribution is 2.28. The van der Waals surface area contributed by atoms with E-state index in [0.29, 0.717) is 23.9 Å². The van der Waals surface area contributed by atoms with Gasteiger partial charge in [0.2, 0.25) is 10.0 Å². The lowest BCUT2D eigenvalue weighted by Gasteiger charge is -2.13. The highest BCUT2D eigenvalue weighted by molar-refractivity contribution is 7.89. The van der Waals surface area contributed by atoms with Crippen LogP contribution in [0.4, 0.5) is 0 Å². The summed E-state index contributed by atoms with van der Waals surface area (Å²) in [5.41, 5.74) is 0.849. The van der Waals surface area contributed by atoms with Crippen molar-refractivity contribution in [3.63, 3.8) is 0 Å². The Hall–Kier alpha value is -0.430. The first-order chi connectivity index (χ1) is 9.54. The molecule has 0 atom stereocenters. The third-order valence-corrected chi connectivity index (χ3v) is 6.72. The average molecular weight is 316 g/mol. The third-order valence-electron chi connectivity index (χ3n) is 3.83. The van der Waals surface area contributed by atoms with Crippen molar-refractivity contribution in [3.05, 3.63) is 15.8 Å². The van der Waals surface area contributed by atoms with Crippen molar-refractivity contribution in [2.24, 2.45) is 5.92 Å². The summed E-state index contributed by atoms with van der Waals surface area (Å²) in [6, 6.07) is 0. The second kappa shape index (κ2) is 7.02. The van der Waals surface area contributed by atoms with Crippen LogP contribution < -0.4 is 10.0 Å². The zero-order valence-electron chi connectivity index (χ0n) is 12.2. The van der Waals surface area contributed by atoms with Crippen LogP contribution in [0.15, 0.2) is 10.3 Å². The average Bonchev–Trinajstić information content (AvgIpc) is 3.03. The zero-order valence-corrected chi connectivity index (χ0v) is 13.9. The van der Waals surface area contributed by atoms with Crippen LogP contribution in [0, 0.1) is 12.8 Å². The molecule has 1 aromatic rings. The molecule has 0 aromatic carbocycles. The largest absolute Gasteiger partial charge is 0.312 e. The molecule has 6 heteroatoms. The van der Waals surface area contributed by atoms with Gasteiger partial charge in [-0.3, -0.25) is 0 Å². The van der Waals surface area contributed by atoms with Crippen LogP contribution in [0.3, 0.4) is 0 Å². The summed E-state index contributed by atoms with van der Waals surface area (Å²) in [4.78, 5) is 1.39. The molecule has 0 amide bonds. The molecule has 0 unspecified atom stereocenters. The highest BCUT2D eigenvalue weighted by atomic mass is 32.2. The number of hydrogen-bond donors (Lipinski definition) is 2. The molecule has 0 saturated heterocycles. The van der Waals surface area contributed by atoms with E-state index in [-0.39, 0.29) is 0 Å². The van der Waals surface area contributed by atoms with E-state index in [1.165, 1.54) is 24.2 Å². The maximum atomic E-state index is 12.5. The molecule has 0 bridgehead atoms. The van der Waals surface area contributed by atoms with Gasteiger partial charge in [-0.2, -0.15) is 0 Å². The van der Waals surface area contributed by atoms with E-state index in [1.54, 1.807) is 0 Å². The van der Waals surface area contributed by atoms with Crippen LogP contribution >= 0.6 is 11.3 Å². The third kappa shape index (κ3) is 3.81. The molecule has 1 aliphatic rings. The topological polar surface area (TPSA) is 58.2 Å². The van der Waals surface area contributed by atoms with Crippen molar-refractivity contribution >= 4 is 21.4 Å². The van der Waals surface area contributed by atoms with Crippen LogP contribution in [0.2, 0.25) is 0 Å². The Bertz CT molecular complexity index is 531. The van der Waals surface area contributed by atoms with Gasteiger partial charge in [0, 0.05) is 18.0 Å². The van der Waals surface area contributed by atoms with Crippen molar-refractivity contribution in [2.45, 2.75) is 51.0 Å². The summed E-state index contributed by atoms with van der Waals surface area (Å²) in [5.74, 6) is 0.515. The van der Waals surface area contributed by atoms with E-state index in [2.05, 4.69) is 10.0 Å². The van der Waals surface area contributed by atoms with Crippen LogP contribution in [0.1, 0.15) is 43.0 Å². The standard InChI is InChI=1S/C14H24N2O2S2/c1-3-15-9-13-14(11(2)10-19-13)20(17,18)16-8-12-6-4-5-7-12/h10,12,15-16H,3-9H2,1-2H3. The predicted octanol–water partition coefficient (Wildman–Crippen LogP) is 2.63. The zero-order chi connectivity index (χ0) is 14.6. The van der Waals surface area contributed by atoms with Gasteiger partial charge in [-0.15, -0.1) is 11.3 Å². The van der Waals surface area contributed by atoms with Gasteiger partial charge in [-0.05, 0) is 43.2 Å². The number of rotatable bonds is 7. The Balaban J connectivity index is 2.09. The summed E-state index contributed by atoms with van der Waals surface area (Å²) in [7, 11) is -3.38. The summed E-state index contributed by atoms with van der Waals surface area (Å²) in [6.45, 7) is 5.93. The fourth-order valence-corrected chi connectivity index (χ4v) is 5.62. The fourth-order valence-electron chi connectivity index (χ4n) is 2.72. The van der Waals surface area contributed by atoms with E-state index < -0.39 is 10.0 Å². The van der Waals surface area contributed by atoms with Crippen molar-refractivity contribution in [1.29, 1.82) is 0 Å². The first-order valence-electron chi connectivity index (χ1n) is 7.32. The Kier molecular flexibility index (Phi) is 5.60. The molecule has 114 valence electrons. The van der Waals surface area contributed by atoms with Crippen LogP contribution in [0.5, 0.6) is 0 Å². The molecule has 1 fully saturated rings. The Morgan fingerprint density at radius 3 is 2.70 bits per heavy atom. The predicted molar refractivity (Wildman–Crippen MR) is 83.6 cm³/mol. The number of sulfonamides is 1. The molecule has 20 heavy (non-hydrogen) atoms. The van der Waals surface area contributed by atoms with Crippen LogP contribution in [0.25, 0.3) is 0 Å². The Morgan fingerprint density at radius 1 is 1.35 bits per heavy atom. The molecule has 1 aliphatic carbocycles. The van der Waals surface area contributed by atoms with Crippen molar-refractivity contribution in [3.8, 4) is 0 Å². The van der Waals surface area contributed by atoms with Gasteiger partial charge in [0.05, 0.1) is 0 Å². The lowest BCUT2D eigenvalue weighted by atomic mass is 10.1. The first kappa shape index (κ1) is 15.9. The van der Waals surface area contributed by atoms with Gasteiger partial charge in [0.25, 0.3) is 0 Å². The molecule has 1 heterocycles. The van der Waals surface area contributed by atoms with Gasteiger partial charge < -0.3 is 5.32 Å². The van der Waals surface area contributed by atoms with Gasteiger partial charge in [-0.25, -0.2) is 13.1 Å². The molecule has 4 nitrogen and oxygen atoms in total. The van der Waals surface area contributed by atoms with Gasteiger partial charge >= 0.3 is 0 Å². The molecule has 0 spiro atoms. The molecule has 1 aromatic heterocycles. The summed E-state index contributed by atoms with van der Waals surface area (Å²) in [6.07, 6.45) is 4.76. The van der Waals surface area contributed by atoms with Crippen LogP contribution in [-0.2, 0) is 16.6 Å². The maximum absolute atomic E-state index is 12.5. The maximum Gasteiger partial charge on any atom is 0.241 e.